The topological polar surface area (TPSA) is 69.7 Å². The fourth-order valence-corrected chi connectivity index (χ4v) is 6.26. The van der Waals surface area contributed by atoms with Crippen molar-refractivity contribution in [1.29, 1.82) is 0 Å². The van der Waals surface area contributed by atoms with Crippen LogP contribution in [0.4, 0.5) is 4.39 Å². The molecule has 1 N–H and O–H groups in total. The van der Waals surface area contributed by atoms with Gasteiger partial charge in [-0.15, -0.1) is 0 Å². The second-order valence-corrected chi connectivity index (χ2v) is 11.1. The van der Waals surface area contributed by atoms with Crippen LogP contribution in [0.5, 0.6) is 0 Å². The standard InChI is InChI=1S/C24H31ClFN3O3S/c1-16-8-9-22(17(2)14-16)33(31,32)29-12-10-18(11-13-29)24(30)27-15-21(28(3)4)23-19(25)6-5-7-20(23)26/h5-9,14,18,21H,10-13,15H2,1-4H3,(H,27,30)/t21-/m1/s1. The molecule has 9 heteroatoms. The molecule has 180 valence electrons. The fourth-order valence-electron chi connectivity index (χ4n) is 4.30. The second kappa shape index (κ2) is 10.5. The van der Waals surface area contributed by atoms with Crippen molar-refractivity contribution in [2.45, 2.75) is 37.6 Å². The number of halogens is 2. The average Bonchev–Trinajstić information content (AvgIpc) is 2.75. The molecular weight excluding hydrogens is 465 g/mol. The lowest BCUT2D eigenvalue weighted by atomic mass is 9.97. The minimum Gasteiger partial charge on any atom is -0.354 e. The first kappa shape index (κ1) is 25.6. The Morgan fingerprint density at radius 2 is 1.88 bits per heavy atom. The van der Waals surface area contributed by atoms with Gasteiger partial charge < -0.3 is 10.2 Å². The number of hydrogen-bond donors (Lipinski definition) is 1. The van der Waals surface area contributed by atoms with E-state index in [0.29, 0.717) is 28.3 Å². The molecule has 33 heavy (non-hydrogen) atoms. The van der Waals surface area contributed by atoms with Crippen LogP contribution in [0.2, 0.25) is 5.02 Å². The van der Waals surface area contributed by atoms with Crippen molar-refractivity contribution in [2.75, 3.05) is 33.7 Å². The first-order valence-electron chi connectivity index (χ1n) is 11.0. The quantitative estimate of drug-likeness (QED) is 0.632. The van der Waals surface area contributed by atoms with Crippen molar-refractivity contribution in [3.63, 3.8) is 0 Å². The van der Waals surface area contributed by atoms with Gasteiger partial charge in [-0.3, -0.25) is 4.79 Å². The zero-order valence-electron chi connectivity index (χ0n) is 19.4. The van der Waals surface area contributed by atoms with Crippen molar-refractivity contribution in [3.05, 3.63) is 63.9 Å². The predicted octanol–water partition coefficient (Wildman–Crippen LogP) is 3.92. The maximum absolute atomic E-state index is 14.4. The summed E-state index contributed by atoms with van der Waals surface area (Å²) in [6.45, 7) is 4.49. The third-order valence-electron chi connectivity index (χ3n) is 6.20. The highest BCUT2D eigenvalue weighted by molar-refractivity contribution is 7.89. The summed E-state index contributed by atoms with van der Waals surface area (Å²) in [5, 5.41) is 3.23. The van der Waals surface area contributed by atoms with Gasteiger partial charge in [0, 0.05) is 36.1 Å². The zero-order chi connectivity index (χ0) is 24.3. The van der Waals surface area contributed by atoms with Gasteiger partial charge in [-0.25, -0.2) is 12.8 Å². The molecule has 1 aliphatic rings. The number of carbonyl (C=O) groups excluding carboxylic acids is 1. The maximum Gasteiger partial charge on any atom is 0.243 e. The molecule has 0 saturated carbocycles. The van der Waals surface area contributed by atoms with Crippen molar-refractivity contribution in [3.8, 4) is 0 Å². The summed E-state index contributed by atoms with van der Waals surface area (Å²) in [5.41, 5.74) is 2.07. The van der Waals surface area contributed by atoms with E-state index in [0.717, 1.165) is 11.1 Å². The van der Waals surface area contributed by atoms with Crippen LogP contribution in [0, 0.1) is 25.6 Å². The Kier molecular flexibility index (Phi) is 8.16. The van der Waals surface area contributed by atoms with E-state index in [1.807, 2.05) is 17.9 Å². The van der Waals surface area contributed by atoms with Gasteiger partial charge in [0.05, 0.1) is 10.9 Å². The largest absolute Gasteiger partial charge is 0.354 e. The maximum atomic E-state index is 14.4. The van der Waals surface area contributed by atoms with Gasteiger partial charge in [0.2, 0.25) is 15.9 Å². The van der Waals surface area contributed by atoms with Crippen LogP contribution in [0.15, 0.2) is 41.3 Å². The van der Waals surface area contributed by atoms with Gasteiger partial charge in [-0.2, -0.15) is 4.31 Å². The van der Waals surface area contributed by atoms with E-state index in [1.54, 1.807) is 45.3 Å². The zero-order valence-corrected chi connectivity index (χ0v) is 21.0. The molecule has 3 rings (SSSR count). The molecule has 0 aliphatic carbocycles. The van der Waals surface area contributed by atoms with Crippen molar-refractivity contribution in [2.24, 2.45) is 5.92 Å². The van der Waals surface area contributed by atoms with E-state index in [4.69, 9.17) is 11.6 Å². The van der Waals surface area contributed by atoms with Crippen LogP contribution in [0.3, 0.4) is 0 Å². The molecule has 1 aliphatic heterocycles. The van der Waals surface area contributed by atoms with Gasteiger partial charge in [0.1, 0.15) is 5.82 Å². The monoisotopic (exact) mass is 495 g/mol. The van der Waals surface area contributed by atoms with Gasteiger partial charge >= 0.3 is 0 Å². The number of nitrogens with zero attached hydrogens (tertiary/aromatic N) is 2. The molecule has 2 aromatic rings. The lowest BCUT2D eigenvalue weighted by Gasteiger charge is -2.32. The van der Waals surface area contributed by atoms with Crippen LogP contribution in [-0.4, -0.2) is 57.3 Å². The van der Waals surface area contributed by atoms with E-state index < -0.39 is 21.9 Å². The van der Waals surface area contributed by atoms with Crippen molar-refractivity contribution in [1.82, 2.24) is 14.5 Å². The summed E-state index contributed by atoms with van der Waals surface area (Å²) in [4.78, 5) is 14.9. The lowest BCUT2D eigenvalue weighted by Crippen LogP contribution is -2.44. The molecule has 0 unspecified atom stereocenters. The number of rotatable bonds is 7. The Hall–Kier alpha value is -2.00. The van der Waals surface area contributed by atoms with Gasteiger partial charge in [0.15, 0.2) is 0 Å². The predicted molar refractivity (Wildman–Crippen MR) is 128 cm³/mol. The van der Waals surface area contributed by atoms with E-state index in [9.17, 15) is 17.6 Å². The Labute approximate surface area is 200 Å². The van der Waals surface area contributed by atoms with Gasteiger partial charge in [-0.05, 0) is 64.5 Å². The number of amides is 1. The lowest BCUT2D eigenvalue weighted by molar-refractivity contribution is -0.126. The number of aryl methyl sites for hydroxylation is 2. The van der Waals surface area contributed by atoms with Crippen LogP contribution in [0.1, 0.15) is 35.6 Å². The smallest absolute Gasteiger partial charge is 0.243 e. The summed E-state index contributed by atoms with van der Waals surface area (Å²) in [5.74, 6) is -0.868. The number of nitrogens with one attached hydrogen (secondary N) is 1. The van der Waals surface area contributed by atoms with E-state index in [1.165, 1.54) is 10.4 Å². The molecule has 0 spiro atoms. The third kappa shape index (κ3) is 5.74. The summed E-state index contributed by atoms with van der Waals surface area (Å²) >= 11 is 6.22. The molecular formula is C24H31ClFN3O3S. The number of sulfonamides is 1. The van der Waals surface area contributed by atoms with Crippen LogP contribution in [0.25, 0.3) is 0 Å². The van der Waals surface area contributed by atoms with E-state index in [-0.39, 0.29) is 31.5 Å². The molecule has 1 amide bonds. The van der Waals surface area contributed by atoms with Gasteiger partial charge in [-0.1, -0.05) is 35.4 Å². The van der Waals surface area contributed by atoms with Crippen molar-refractivity contribution >= 4 is 27.5 Å². The summed E-state index contributed by atoms with van der Waals surface area (Å²) in [6, 6.07) is 9.41. The number of hydrogen-bond acceptors (Lipinski definition) is 4. The van der Waals surface area contributed by atoms with Crippen molar-refractivity contribution < 1.29 is 17.6 Å². The molecule has 0 aromatic heterocycles. The Morgan fingerprint density at radius 3 is 2.45 bits per heavy atom. The normalized spacial score (nSPS) is 16.7. The molecule has 1 atom stereocenters. The molecule has 1 fully saturated rings. The second-order valence-electron chi connectivity index (χ2n) is 8.81. The minimum atomic E-state index is -3.60. The SMILES string of the molecule is Cc1ccc(S(=O)(=O)N2CCC(C(=O)NC[C@H](c3c(F)cccc3Cl)N(C)C)CC2)c(C)c1. The number of piperidine rings is 1. The summed E-state index contributed by atoms with van der Waals surface area (Å²) in [7, 11) is 0.000686. The molecule has 0 radical (unpaired) electrons. The molecule has 1 heterocycles. The summed E-state index contributed by atoms with van der Waals surface area (Å²) < 4.78 is 42.0. The first-order chi connectivity index (χ1) is 15.5. The van der Waals surface area contributed by atoms with E-state index >= 15 is 0 Å². The number of benzene rings is 2. The highest BCUT2D eigenvalue weighted by atomic mass is 35.5. The molecule has 6 nitrogen and oxygen atoms in total. The molecule has 2 aromatic carbocycles. The van der Waals surface area contributed by atoms with Gasteiger partial charge in [0.25, 0.3) is 0 Å². The Balaban J connectivity index is 1.62. The van der Waals surface area contributed by atoms with Crippen LogP contribution < -0.4 is 5.32 Å². The summed E-state index contributed by atoms with van der Waals surface area (Å²) in [6.07, 6.45) is 0.867. The number of carbonyl (C=O) groups is 1. The molecule has 0 bridgehead atoms. The van der Waals surface area contributed by atoms with E-state index in [2.05, 4.69) is 5.32 Å². The highest BCUT2D eigenvalue weighted by Gasteiger charge is 2.33. The number of likely N-dealkylation sites (N-methyl/N-ethyl adjacent to an activating group) is 1. The average molecular weight is 496 g/mol. The van der Waals surface area contributed by atoms with Crippen LogP contribution >= 0.6 is 11.6 Å². The Morgan fingerprint density at radius 1 is 1.21 bits per heavy atom. The first-order valence-corrected chi connectivity index (χ1v) is 12.8. The Bertz CT molecular complexity index is 1100. The fraction of sp³-hybridized carbons (Fsp3) is 0.458. The molecule has 1 saturated heterocycles. The van der Waals surface area contributed by atoms with Crippen LogP contribution in [-0.2, 0) is 14.8 Å². The third-order valence-corrected chi connectivity index (χ3v) is 8.59. The minimum absolute atomic E-state index is 0.155. The highest BCUT2D eigenvalue weighted by Crippen LogP contribution is 2.29.